The molecule has 1 amide bonds. The fraction of sp³-hybridized carbons (Fsp3) is 0.562. The third-order valence-corrected chi connectivity index (χ3v) is 3.96. The summed E-state index contributed by atoms with van der Waals surface area (Å²) in [6.07, 6.45) is 1.55. The van der Waals surface area contributed by atoms with Gasteiger partial charge in [0, 0.05) is 24.8 Å². The molecule has 1 aliphatic rings. The average molecular weight is 276 g/mol. The highest BCUT2D eigenvalue weighted by molar-refractivity contribution is 5.76. The summed E-state index contributed by atoms with van der Waals surface area (Å²) in [5, 5.41) is 0. The summed E-state index contributed by atoms with van der Waals surface area (Å²) in [4.78, 5) is 14.1. The number of likely N-dealkylation sites (tertiary alicyclic amines) is 1. The minimum absolute atomic E-state index is 0.192. The quantitative estimate of drug-likeness (QED) is 0.841. The molecule has 1 aromatic rings. The lowest BCUT2D eigenvalue weighted by atomic mass is 9.95. The monoisotopic (exact) mass is 276 g/mol. The molecule has 4 heteroatoms. The van der Waals surface area contributed by atoms with Gasteiger partial charge in [-0.25, -0.2) is 0 Å². The number of carbonyl (C=O) groups excluding carboxylic acids is 1. The summed E-state index contributed by atoms with van der Waals surface area (Å²) in [6.45, 7) is 6.64. The van der Waals surface area contributed by atoms with E-state index in [0.717, 1.165) is 25.3 Å². The van der Waals surface area contributed by atoms with Crippen molar-refractivity contribution in [2.24, 2.45) is 11.8 Å². The van der Waals surface area contributed by atoms with E-state index >= 15 is 0 Å². The second kappa shape index (κ2) is 6.64. The van der Waals surface area contributed by atoms with Crippen molar-refractivity contribution < 1.29 is 9.53 Å². The van der Waals surface area contributed by atoms with Gasteiger partial charge in [-0.05, 0) is 30.4 Å². The van der Waals surface area contributed by atoms with Gasteiger partial charge in [0.25, 0.3) is 0 Å². The van der Waals surface area contributed by atoms with E-state index in [1.807, 2.05) is 23.1 Å². The van der Waals surface area contributed by atoms with Crippen molar-refractivity contribution in [1.29, 1.82) is 0 Å². The minimum atomic E-state index is 0.192. The molecule has 0 saturated carbocycles. The minimum Gasteiger partial charge on any atom is -0.493 e. The van der Waals surface area contributed by atoms with Gasteiger partial charge in [-0.3, -0.25) is 4.79 Å². The van der Waals surface area contributed by atoms with E-state index in [1.165, 1.54) is 0 Å². The molecule has 0 aliphatic carbocycles. The Balaban J connectivity index is 1.73. The fourth-order valence-corrected chi connectivity index (χ4v) is 2.58. The molecule has 2 rings (SSSR count). The molecule has 1 aliphatic heterocycles. The van der Waals surface area contributed by atoms with Crippen LogP contribution in [-0.4, -0.2) is 30.5 Å². The molecular formula is C16H24N2O2. The summed E-state index contributed by atoms with van der Waals surface area (Å²) in [7, 11) is 0. The Morgan fingerprint density at radius 1 is 1.50 bits per heavy atom. The van der Waals surface area contributed by atoms with Gasteiger partial charge in [-0.2, -0.15) is 0 Å². The van der Waals surface area contributed by atoms with E-state index in [2.05, 4.69) is 13.8 Å². The number of nitrogens with zero attached hydrogens (tertiary/aromatic N) is 1. The number of amides is 1. The molecule has 1 aromatic carbocycles. The van der Waals surface area contributed by atoms with E-state index in [4.69, 9.17) is 10.5 Å². The largest absolute Gasteiger partial charge is 0.493 e. The molecule has 110 valence electrons. The van der Waals surface area contributed by atoms with Crippen LogP contribution < -0.4 is 10.5 Å². The lowest BCUT2D eigenvalue weighted by Crippen LogP contribution is -2.30. The molecule has 1 unspecified atom stereocenters. The number of ether oxygens (including phenoxy) is 1. The van der Waals surface area contributed by atoms with E-state index in [0.29, 0.717) is 30.6 Å². The molecular weight excluding hydrogens is 252 g/mol. The number of carbonyl (C=O) groups is 1. The Morgan fingerprint density at radius 2 is 2.30 bits per heavy atom. The number of nitrogen functional groups attached to an aromatic ring is 1. The van der Waals surface area contributed by atoms with Crippen LogP contribution in [0.15, 0.2) is 24.3 Å². The number of nitrogens with two attached hydrogens (primary N) is 1. The third-order valence-electron chi connectivity index (χ3n) is 3.96. The van der Waals surface area contributed by atoms with Crippen molar-refractivity contribution in [1.82, 2.24) is 4.90 Å². The predicted molar refractivity (Wildman–Crippen MR) is 80.5 cm³/mol. The maximum Gasteiger partial charge on any atom is 0.226 e. The van der Waals surface area contributed by atoms with E-state index in [9.17, 15) is 4.79 Å². The molecule has 20 heavy (non-hydrogen) atoms. The summed E-state index contributed by atoms with van der Waals surface area (Å²) < 4.78 is 5.56. The van der Waals surface area contributed by atoms with E-state index in [-0.39, 0.29) is 5.91 Å². The highest BCUT2D eigenvalue weighted by Crippen LogP contribution is 2.24. The highest BCUT2D eigenvalue weighted by atomic mass is 16.5. The number of benzene rings is 1. The van der Waals surface area contributed by atoms with Gasteiger partial charge >= 0.3 is 0 Å². The van der Waals surface area contributed by atoms with Gasteiger partial charge in [0.1, 0.15) is 5.75 Å². The zero-order valence-electron chi connectivity index (χ0n) is 12.3. The van der Waals surface area contributed by atoms with Crippen LogP contribution in [0.5, 0.6) is 5.75 Å². The molecule has 0 aromatic heterocycles. The normalized spacial score (nSPS) is 18.6. The van der Waals surface area contributed by atoms with E-state index < -0.39 is 0 Å². The molecule has 1 saturated heterocycles. The first-order chi connectivity index (χ1) is 9.56. The Morgan fingerprint density at radius 3 is 2.95 bits per heavy atom. The first-order valence-electron chi connectivity index (χ1n) is 7.32. The third kappa shape index (κ3) is 3.89. The number of rotatable bonds is 5. The lowest BCUT2D eigenvalue weighted by Gasteiger charge is -2.18. The van der Waals surface area contributed by atoms with Crippen LogP contribution in [0.1, 0.15) is 26.7 Å². The van der Waals surface area contributed by atoms with Crippen LogP contribution in [-0.2, 0) is 4.79 Å². The van der Waals surface area contributed by atoms with Crippen LogP contribution in [0.3, 0.4) is 0 Å². The maximum absolute atomic E-state index is 12.1. The maximum atomic E-state index is 12.1. The zero-order chi connectivity index (χ0) is 14.5. The Hall–Kier alpha value is -1.71. The molecule has 0 radical (unpaired) electrons. The van der Waals surface area contributed by atoms with Crippen LogP contribution in [0.4, 0.5) is 5.69 Å². The van der Waals surface area contributed by atoms with Gasteiger partial charge in [0.15, 0.2) is 0 Å². The van der Waals surface area contributed by atoms with Crippen LogP contribution >= 0.6 is 0 Å². The van der Waals surface area contributed by atoms with E-state index in [1.54, 1.807) is 6.07 Å². The molecule has 4 nitrogen and oxygen atoms in total. The van der Waals surface area contributed by atoms with Crippen molar-refractivity contribution >= 4 is 11.6 Å². The number of hydrogen-bond acceptors (Lipinski definition) is 3. The second-order valence-electron chi connectivity index (χ2n) is 5.80. The van der Waals surface area contributed by atoms with Gasteiger partial charge in [-0.1, -0.05) is 19.9 Å². The van der Waals surface area contributed by atoms with Gasteiger partial charge < -0.3 is 15.4 Å². The van der Waals surface area contributed by atoms with Crippen molar-refractivity contribution in [2.45, 2.75) is 26.7 Å². The second-order valence-corrected chi connectivity index (χ2v) is 5.80. The Bertz CT molecular complexity index is 460. The Kier molecular flexibility index (Phi) is 4.88. The van der Waals surface area contributed by atoms with Crippen LogP contribution in [0.25, 0.3) is 0 Å². The van der Waals surface area contributed by atoms with Crippen molar-refractivity contribution in [3.8, 4) is 5.75 Å². The molecule has 0 bridgehead atoms. The van der Waals surface area contributed by atoms with Gasteiger partial charge in [0.2, 0.25) is 5.91 Å². The van der Waals surface area contributed by atoms with Crippen molar-refractivity contribution in [3.63, 3.8) is 0 Å². The summed E-state index contributed by atoms with van der Waals surface area (Å²) in [6, 6.07) is 7.29. The van der Waals surface area contributed by atoms with Crippen LogP contribution in [0.2, 0.25) is 0 Å². The summed E-state index contributed by atoms with van der Waals surface area (Å²) in [5.41, 5.74) is 6.35. The summed E-state index contributed by atoms with van der Waals surface area (Å²) >= 11 is 0. The highest BCUT2D eigenvalue weighted by Gasteiger charge is 2.27. The molecule has 1 atom stereocenters. The van der Waals surface area contributed by atoms with Crippen LogP contribution in [0, 0.1) is 11.8 Å². The average Bonchev–Trinajstić information content (AvgIpc) is 2.88. The smallest absolute Gasteiger partial charge is 0.226 e. The topological polar surface area (TPSA) is 55.6 Å². The molecule has 1 heterocycles. The molecule has 1 fully saturated rings. The lowest BCUT2D eigenvalue weighted by molar-refractivity contribution is -0.130. The number of anilines is 1. The van der Waals surface area contributed by atoms with Gasteiger partial charge in [0.05, 0.1) is 13.0 Å². The first kappa shape index (κ1) is 14.7. The number of hydrogen-bond donors (Lipinski definition) is 1. The molecule has 2 N–H and O–H groups in total. The van der Waals surface area contributed by atoms with Crippen molar-refractivity contribution in [2.75, 3.05) is 25.4 Å². The first-order valence-corrected chi connectivity index (χ1v) is 7.32. The Labute approximate surface area is 120 Å². The SMILES string of the molecule is CC(C)C1CCN(C(=O)CCOc2cccc(N)c2)C1. The zero-order valence-corrected chi connectivity index (χ0v) is 12.3. The fourth-order valence-electron chi connectivity index (χ4n) is 2.58. The summed E-state index contributed by atoms with van der Waals surface area (Å²) in [5.74, 6) is 2.21. The predicted octanol–water partition coefficient (Wildman–Crippen LogP) is 2.54. The molecule has 0 spiro atoms. The standard InChI is InChI=1S/C16H24N2O2/c1-12(2)13-6-8-18(11-13)16(19)7-9-20-15-5-3-4-14(17)10-15/h3-5,10,12-13H,6-9,11,17H2,1-2H3. The van der Waals surface area contributed by atoms with Gasteiger partial charge in [-0.15, -0.1) is 0 Å². The van der Waals surface area contributed by atoms with Crippen molar-refractivity contribution in [3.05, 3.63) is 24.3 Å².